The summed E-state index contributed by atoms with van der Waals surface area (Å²) in [5.74, 6) is -0.206. The quantitative estimate of drug-likeness (QED) is 0.444. The summed E-state index contributed by atoms with van der Waals surface area (Å²) < 4.78 is 0. The molecule has 1 aromatic carbocycles. The van der Waals surface area contributed by atoms with Crippen LogP contribution in [0.4, 0.5) is 5.69 Å². The zero-order valence-corrected chi connectivity index (χ0v) is 8.60. The number of phenolic OH excluding ortho intramolecular Hbond substituents is 1. The normalized spacial score (nSPS) is 9.67. The van der Waals surface area contributed by atoms with Crippen molar-refractivity contribution in [1.29, 1.82) is 0 Å². The molecule has 0 spiro atoms. The number of benzene rings is 1. The van der Waals surface area contributed by atoms with E-state index in [0.29, 0.717) is 17.8 Å². The highest BCUT2D eigenvalue weighted by Crippen LogP contribution is 2.19. The van der Waals surface area contributed by atoms with E-state index in [1.807, 2.05) is 0 Å². The topological polar surface area (TPSA) is 66.6 Å². The van der Waals surface area contributed by atoms with Gasteiger partial charge in [0.1, 0.15) is 5.75 Å². The number of likely N-dealkylation sites (N-methyl/N-ethyl adjacent to an activating group) is 1. The maximum absolute atomic E-state index is 11.8. The number of carbonyl (C=O) groups excluding carboxylic acids is 1. The van der Waals surface area contributed by atoms with Crippen LogP contribution in [-0.4, -0.2) is 29.5 Å². The monoisotopic (exact) mass is 206 g/mol. The Morgan fingerprint density at radius 1 is 1.67 bits per heavy atom. The number of nitrogen functional groups attached to an aromatic ring is 1. The molecule has 0 atom stereocenters. The van der Waals surface area contributed by atoms with Gasteiger partial charge >= 0.3 is 0 Å². The first-order chi connectivity index (χ1) is 7.06. The van der Waals surface area contributed by atoms with E-state index in [9.17, 15) is 9.90 Å². The lowest BCUT2D eigenvalue weighted by Gasteiger charge is -2.16. The van der Waals surface area contributed by atoms with E-state index in [1.54, 1.807) is 13.1 Å². The van der Waals surface area contributed by atoms with Crippen LogP contribution >= 0.6 is 0 Å². The zero-order valence-electron chi connectivity index (χ0n) is 8.60. The number of hydrogen-bond acceptors (Lipinski definition) is 3. The molecule has 0 aliphatic carbocycles. The summed E-state index contributed by atoms with van der Waals surface area (Å²) in [4.78, 5) is 13.3. The van der Waals surface area contributed by atoms with Crippen LogP contribution in [0.1, 0.15) is 10.4 Å². The van der Waals surface area contributed by atoms with Crippen LogP contribution in [0.2, 0.25) is 0 Å². The Balaban J connectivity index is 2.99. The van der Waals surface area contributed by atoms with Gasteiger partial charge < -0.3 is 15.7 Å². The molecule has 0 aliphatic heterocycles. The Bertz CT molecular complexity index is 388. The van der Waals surface area contributed by atoms with Crippen molar-refractivity contribution in [1.82, 2.24) is 4.90 Å². The van der Waals surface area contributed by atoms with E-state index in [0.717, 1.165) is 0 Å². The molecule has 4 heteroatoms. The minimum absolute atomic E-state index is 0.0274. The van der Waals surface area contributed by atoms with Crippen molar-refractivity contribution >= 4 is 11.6 Å². The molecule has 1 amide bonds. The molecule has 0 aliphatic rings. The molecule has 3 N–H and O–H groups in total. The highest BCUT2D eigenvalue weighted by molar-refractivity contribution is 5.99. The van der Waals surface area contributed by atoms with E-state index in [-0.39, 0.29) is 11.7 Å². The third-order valence-electron chi connectivity index (χ3n) is 2.02. The molecule has 0 saturated heterocycles. The van der Waals surface area contributed by atoms with Crippen LogP contribution in [0.5, 0.6) is 5.75 Å². The first kappa shape index (κ1) is 11.1. The van der Waals surface area contributed by atoms with Crippen LogP contribution in [0.25, 0.3) is 0 Å². The summed E-state index contributed by atoms with van der Waals surface area (Å²) in [7, 11) is 1.65. The third kappa shape index (κ3) is 2.49. The number of nitrogens with two attached hydrogens (primary N) is 1. The van der Waals surface area contributed by atoms with Gasteiger partial charge in [0.05, 0.1) is 5.56 Å². The summed E-state index contributed by atoms with van der Waals surface area (Å²) in [6.45, 7) is 3.98. The van der Waals surface area contributed by atoms with Crippen molar-refractivity contribution in [3.8, 4) is 5.75 Å². The minimum Gasteiger partial charge on any atom is -0.508 e. The maximum atomic E-state index is 11.8. The molecule has 0 heterocycles. The molecule has 0 saturated carbocycles. The van der Waals surface area contributed by atoms with Gasteiger partial charge in [0.2, 0.25) is 0 Å². The number of nitrogens with zero attached hydrogens (tertiary/aromatic N) is 1. The molecule has 80 valence electrons. The van der Waals surface area contributed by atoms with Gasteiger partial charge in [-0.2, -0.15) is 0 Å². The van der Waals surface area contributed by atoms with Crippen LogP contribution in [-0.2, 0) is 0 Å². The van der Waals surface area contributed by atoms with Crippen molar-refractivity contribution < 1.29 is 9.90 Å². The Morgan fingerprint density at radius 3 is 2.93 bits per heavy atom. The summed E-state index contributed by atoms with van der Waals surface area (Å²) in [6.07, 6.45) is 1.62. The molecule has 0 fully saturated rings. The van der Waals surface area contributed by atoms with E-state index in [1.165, 1.54) is 23.1 Å². The van der Waals surface area contributed by atoms with Crippen molar-refractivity contribution in [3.63, 3.8) is 0 Å². The second-order valence-electron chi connectivity index (χ2n) is 3.25. The predicted molar refractivity (Wildman–Crippen MR) is 59.7 cm³/mol. The van der Waals surface area contributed by atoms with Gasteiger partial charge in [-0.25, -0.2) is 0 Å². The molecule has 0 bridgehead atoms. The number of anilines is 1. The zero-order chi connectivity index (χ0) is 11.4. The molecule has 15 heavy (non-hydrogen) atoms. The van der Waals surface area contributed by atoms with Crippen LogP contribution < -0.4 is 5.73 Å². The van der Waals surface area contributed by atoms with Gasteiger partial charge in [-0.15, -0.1) is 6.58 Å². The standard InChI is InChI=1S/C11H14N2O2/c1-3-6-13(2)11(15)9-7-8(14)4-5-10(9)12/h3-5,7,14H,1,6,12H2,2H3. The van der Waals surface area contributed by atoms with Crippen LogP contribution in [0.3, 0.4) is 0 Å². The van der Waals surface area contributed by atoms with Gasteiger partial charge in [-0.3, -0.25) is 4.79 Å². The Kier molecular flexibility index (Phi) is 3.33. The average Bonchev–Trinajstić information content (AvgIpc) is 2.21. The predicted octanol–water partition coefficient (Wildman–Crippen LogP) is 1.23. The molecule has 0 unspecified atom stereocenters. The van der Waals surface area contributed by atoms with Crippen molar-refractivity contribution in [2.45, 2.75) is 0 Å². The Hall–Kier alpha value is -1.97. The fourth-order valence-electron chi connectivity index (χ4n) is 1.21. The fourth-order valence-corrected chi connectivity index (χ4v) is 1.21. The number of phenols is 1. The highest BCUT2D eigenvalue weighted by Gasteiger charge is 2.13. The Labute approximate surface area is 88.6 Å². The second kappa shape index (κ2) is 4.50. The first-order valence-electron chi connectivity index (χ1n) is 4.51. The number of carbonyl (C=O) groups is 1. The lowest BCUT2D eigenvalue weighted by molar-refractivity contribution is 0.0811. The van der Waals surface area contributed by atoms with E-state index in [2.05, 4.69) is 6.58 Å². The fraction of sp³-hybridized carbons (Fsp3) is 0.182. The average molecular weight is 206 g/mol. The largest absolute Gasteiger partial charge is 0.508 e. The lowest BCUT2D eigenvalue weighted by Crippen LogP contribution is -2.27. The maximum Gasteiger partial charge on any atom is 0.256 e. The minimum atomic E-state index is -0.233. The van der Waals surface area contributed by atoms with Gasteiger partial charge in [0.25, 0.3) is 5.91 Å². The van der Waals surface area contributed by atoms with Crippen molar-refractivity contribution in [2.24, 2.45) is 0 Å². The third-order valence-corrected chi connectivity index (χ3v) is 2.02. The molecule has 0 radical (unpaired) electrons. The first-order valence-corrected chi connectivity index (χ1v) is 4.51. The smallest absolute Gasteiger partial charge is 0.256 e. The van der Waals surface area contributed by atoms with Gasteiger partial charge in [0, 0.05) is 19.3 Å². The van der Waals surface area contributed by atoms with Crippen LogP contribution in [0, 0.1) is 0 Å². The van der Waals surface area contributed by atoms with E-state index >= 15 is 0 Å². The highest BCUT2D eigenvalue weighted by atomic mass is 16.3. The Morgan fingerprint density at radius 2 is 2.33 bits per heavy atom. The van der Waals surface area contributed by atoms with E-state index in [4.69, 9.17) is 5.73 Å². The number of hydrogen-bond donors (Lipinski definition) is 2. The number of rotatable bonds is 3. The summed E-state index contributed by atoms with van der Waals surface area (Å²) in [5, 5.41) is 9.25. The molecular formula is C11H14N2O2. The van der Waals surface area contributed by atoms with Gasteiger partial charge in [0.15, 0.2) is 0 Å². The lowest BCUT2D eigenvalue weighted by atomic mass is 10.1. The molecule has 4 nitrogen and oxygen atoms in total. The van der Waals surface area contributed by atoms with Gasteiger partial charge in [-0.05, 0) is 18.2 Å². The summed E-state index contributed by atoms with van der Waals surface area (Å²) in [6, 6.07) is 4.31. The van der Waals surface area contributed by atoms with Crippen LogP contribution in [0.15, 0.2) is 30.9 Å². The number of amides is 1. The summed E-state index contributed by atoms with van der Waals surface area (Å²) in [5.41, 5.74) is 6.30. The second-order valence-corrected chi connectivity index (χ2v) is 3.25. The molecule has 1 aromatic rings. The molecule has 1 rings (SSSR count). The molecular weight excluding hydrogens is 192 g/mol. The van der Waals surface area contributed by atoms with E-state index < -0.39 is 0 Å². The van der Waals surface area contributed by atoms with Gasteiger partial charge in [-0.1, -0.05) is 6.08 Å². The summed E-state index contributed by atoms with van der Waals surface area (Å²) >= 11 is 0. The molecule has 0 aromatic heterocycles. The number of aromatic hydroxyl groups is 1. The van der Waals surface area contributed by atoms with Crippen molar-refractivity contribution in [3.05, 3.63) is 36.4 Å². The van der Waals surface area contributed by atoms with Crippen molar-refractivity contribution in [2.75, 3.05) is 19.3 Å². The SMILES string of the molecule is C=CCN(C)C(=O)c1cc(O)ccc1N.